The van der Waals surface area contributed by atoms with Crippen LogP contribution in [0, 0.1) is 0 Å². The van der Waals surface area contributed by atoms with Crippen LogP contribution in [-0.4, -0.2) is 0 Å². The summed E-state index contributed by atoms with van der Waals surface area (Å²) in [7, 11) is 0. The van der Waals surface area contributed by atoms with Gasteiger partial charge in [0.1, 0.15) is 0 Å². The predicted molar refractivity (Wildman–Crippen MR) is 7.61 cm³/mol. The van der Waals surface area contributed by atoms with Crippen molar-refractivity contribution in [3.63, 3.8) is 0 Å². The molecule has 0 aromatic heterocycles. The molecular formula is CsOPV+7. The molecule has 0 heterocycles. The van der Waals surface area contributed by atoms with E-state index in [4.69, 9.17) is 0 Å². The van der Waals surface area contributed by atoms with Crippen molar-refractivity contribution in [1.29, 1.82) is 0 Å². The molecular weight excluding hydrogens is 231 g/mol. The molecule has 4 heavy (non-hydrogen) atoms. The van der Waals surface area contributed by atoms with Gasteiger partial charge in [-0.1, -0.05) is 0 Å². The number of rotatable bonds is 0. The monoisotopic (exact) mass is 231 g/mol. The average molecular weight is 231 g/mol. The van der Waals surface area contributed by atoms with Gasteiger partial charge in [0, 0.05) is 0 Å². The molecule has 0 aliphatic carbocycles. The van der Waals surface area contributed by atoms with Crippen molar-refractivity contribution in [2.45, 2.75) is 0 Å². The third-order valence-corrected chi connectivity index (χ3v) is 0. The summed E-state index contributed by atoms with van der Waals surface area (Å²) in [5.74, 6) is 0. The zero-order chi connectivity index (χ0) is 0. The predicted octanol–water partition coefficient (Wildman–Crippen LogP) is -2.26. The summed E-state index contributed by atoms with van der Waals surface area (Å²) in [5, 5.41) is 0. The van der Waals surface area contributed by atoms with Crippen LogP contribution in [0.2, 0.25) is 0 Å². The Bertz CT molecular complexity index is 8.00. The molecule has 0 rings (SSSR count). The largest absolute Gasteiger partial charge is 5.00 e. The van der Waals surface area contributed by atoms with Gasteiger partial charge in [-0.3, -0.25) is 0 Å². The Kier molecular flexibility index (Phi) is 116. The molecule has 0 aromatic rings. The second-order valence-electron chi connectivity index (χ2n) is 0. The molecule has 0 N–H and O–H groups in total. The van der Waals surface area contributed by atoms with E-state index in [1.807, 2.05) is 0 Å². The van der Waals surface area contributed by atoms with Crippen molar-refractivity contribution >= 4 is 9.90 Å². The first-order valence-corrected chi connectivity index (χ1v) is 0. The van der Waals surface area contributed by atoms with Crippen LogP contribution in [0.4, 0.5) is 0 Å². The Hall–Kier alpha value is 3.03. The maximum Gasteiger partial charge on any atom is 5.00 e. The second kappa shape index (κ2) is 16.6. The van der Waals surface area contributed by atoms with Gasteiger partial charge in [-0.25, -0.2) is 0 Å². The van der Waals surface area contributed by atoms with E-state index in [-0.39, 0.29) is 103 Å². The van der Waals surface area contributed by atoms with Gasteiger partial charge >= 0.3 is 97.3 Å². The Morgan fingerprint density at radius 1 is 1.00 bits per heavy atom. The molecule has 2 radical (unpaired) electrons. The topological polar surface area (TPSA) is 28.5 Å². The summed E-state index contributed by atoms with van der Waals surface area (Å²) in [6.45, 7) is 0. The van der Waals surface area contributed by atoms with E-state index in [0.29, 0.717) is 0 Å². The zero-order valence-corrected chi connectivity index (χ0v) is 10.9. The summed E-state index contributed by atoms with van der Waals surface area (Å²) in [4.78, 5) is 0. The Morgan fingerprint density at radius 2 is 1.00 bits per heavy atom. The van der Waals surface area contributed by atoms with Gasteiger partial charge in [0.25, 0.3) is 0 Å². The third kappa shape index (κ3) is 8.90. The zero-order valence-electron chi connectivity index (χ0n) is 2.30. The van der Waals surface area contributed by atoms with Gasteiger partial charge in [0.05, 0.1) is 0 Å². The fourth-order valence-electron chi connectivity index (χ4n) is 0. The van der Waals surface area contributed by atoms with Crippen LogP contribution in [0.3, 0.4) is 0 Å². The van der Waals surface area contributed by atoms with Crippen LogP contribution in [0.5, 0.6) is 0 Å². The van der Waals surface area contributed by atoms with Crippen molar-refractivity contribution in [3.8, 4) is 0 Å². The summed E-state index contributed by atoms with van der Waals surface area (Å²) in [6, 6.07) is 0. The molecule has 1 nitrogen and oxygen atoms in total. The second-order valence-corrected chi connectivity index (χ2v) is 0. The SMILES string of the molecule is [Cs+].[O-2].[P+3].[V+5]. The molecule has 4 heteroatoms. The van der Waals surface area contributed by atoms with E-state index in [2.05, 4.69) is 0 Å². The molecule has 0 fully saturated rings. The maximum absolute atomic E-state index is 0. The molecule has 10 valence electrons. The van der Waals surface area contributed by atoms with Crippen molar-refractivity contribution in [2.75, 3.05) is 0 Å². The number of hydrogen-bond donors (Lipinski definition) is 0. The fraction of sp³-hybridized carbons (Fsp3) is 0. The summed E-state index contributed by atoms with van der Waals surface area (Å²) >= 11 is 0. The van der Waals surface area contributed by atoms with Crippen LogP contribution >= 0.6 is 9.90 Å². The molecule has 0 aliphatic heterocycles. The summed E-state index contributed by atoms with van der Waals surface area (Å²) in [6.07, 6.45) is 0. The minimum atomic E-state index is 0. The molecule has 0 saturated carbocycles. The van der Waals surface area contributed by atoms with Crippen molar-refractivity contribution in [3.05, 3.63) is 0 Å². The van der Waals surface area contributed by atoms with E-state index < -0.39 is 0 Å². The van der Waals surface area contributed by atoms with E-state index in [1.165, 1.54) is 0 Å². The minimum absolute atomic E-state index is 0. The first-order valence-electron chi connectivity index (χ1n) is 0. The first kappa shape index (κ1) is 27.9. The van der Waals surface area contributed by atoms with Crippen LogP contribution in [-0.2, 0) is 24.0 Å². The summed E-state index contributed by atoms with van der Waals surface area (Å²) < 4.78 is 0. The average Bonchev–Trinajstić information content (AvgIpc) is 0. The van der Waals surface area contributed by atoms with E-state index in [0.717, 1.165) is 0 Å². The van der Waals surface area contributed by atoms with Gasteiger partial charge in [-0.2, -0.15) is 0 Å². The van der Waals surface area contributed by atoms with Gasteiger partial charge in [0.2, 0.25) is 0 Å². The smallest absolute Gasteiger partial charge is 2.00 e. The van der Waals surface area contributed by atoms with Gasteiger partial charge < -0.3 is 5.48 Å². The molecule has 0 bridgehead atoms. The molecule has 0 saturated heterocycles. The van der Waals surface area contributed by atoms with Crippen molar-refractivity contribution in [1.82, 2.24) is 0 Å². The Balaban J connectivity index is 0. The first-order chi connectivity index (χ1) is 0. The maximum atomic E-state index is 0. The molecule has 0 spiro atoms. The third-order valence-electron chi connectivity index (χ3n) is 0. The van der Waals surface area contributed by atoms with E-state index in [9.17, 15) is 0 Å². The summed E-state index contributed by atoms with van der Waals surface area (Å²) in [5.41, 5.74) is 0. The Labute approximate surface area is 99.9 Å². The molecule has 0 amide bonds. The molecule has 0 aromatic carbocycles. The van der Waals surface area contributed by atoms with Crippen LogP contribution in [0.15, 0.2) is 0 Å². The van der Waals surface area contributed by atoms with Crippen LogP contribution in [0.1, 0.15) is 0 Å². The fourth-order valence-corrected chi connectivity index (χ4v) is 0. The van der Waals surface area contributed by atoms with Gasteiger partial charge in [-0.05, 0) is 0 Å². The number of hydrogen-bond acceptors (Lipinski definition) is 0. The molecule has 0 unspecified atom stereocenters. The quantitative estimate of drug-likeness (QED) is 0.421. The molecule has 0 aliphatic rings. The van der Waals surface area contributed by atoms with Crippen LogP contribution in [0.25, 0.3) is 0 Å². The molecule has 0 atom stereocenters. The van der Waals surface area contributed by atoms with Gasteiger partial charge in [-0.15, -0.1) is 0 Å². The van der Waals surface area contributed by atoms with E-state index in [1.54, 1.807) is 0 Å². The standard InChI is InChI=1S/Cs.O.P.V/q+1;-2;+3;+5. The van der Waals surface area contributed by atoms with E-state index >= 15 is 0 Å². The minimum Gasteiger partial charge on any atom is -2.00 e. The normalized spacial score (nSPS) is 0. The van der Waals surface area contributed by atoms with Crippen molar-refractivity contribution in [2.24, 2.45) is 0 Å². The van der Waals surface area contributed by atoms with Gasteiger partial charge in [0.15, 0.2) is 0 Å². The Morgan fingerprint density at radius 3 is 1.00 bits per heavy atom. The van der Waals surface area contributed by atoms with Crippen LogP contribution < -0.4 is 68.9 Å². The van der Waals surface area contributed by atoms with Crippen molar-refractivity contribution < 1.29 is 92.9 Å².